The summed E-state index contributed by atoms with van der Waals surface area (Å²) >= 11 is 3.43. The topological polar surface area (TPSA) is 38.7 Å². The number of para-hydroxylation sites is 2. The molecule has 0 radical (unpaired) electrons. The molecule has 1 aliphatic rings. The smallest absolute Gasteiger partial charge is 0.134 e. The second-order valence-electron chi connectivity index (χ2n) is 10.9. The number of hydrogen-bond donors (Lipinski definition) is 0. The fraction of sp³-hybridized carbons (Fsp3) is 0. The van der Waals surface area contributed by atoms with E-state index >= 15 is 0 Å². The van der Waals surface area contributed by atoms with Crippen molar-refractivity contribution in [2.75, 3.05) is 0 Å². The number of fused-ring (bicyclic) bond motifs is 5. The number of rotatable bonds is 3. The van der Waals surface area contributed by atoms with Gasteiger partial charge in [-0.3, -0.25) is 4.98 Å². The first-order valence-electron chi connectivity index (χ1n) is 14.5. The van der Waals surface area contributed by atoms with Gasteiger partial charge in [-0.25, -0.2) is 9.97 Å². The molecule has 44 heavy (non-hydrogen) atoms. The molecule has 3 heterocycles. The van der Waals surface area contributed by atoms with E-state index in [9.17, 15) is 0 Å². The Morgan fingerprint density at radius 3 is 1.57 bits per heavy atom. The fourth-order valence-corrected chi connectivity index (χ4v) is 8.40. The number of aromatic nitrogens is 3. The number of pyridine rings is 1. The lowest BCUT2D eigenvalue weighted by Gasteiger charge is -2.21. The average Bonchev–Trinajstić information content (AvgIpc) is 3.09. The minimum Gasteiger partial charge on any atom is -0.264 e. The standard InChI is InChI=1S/C39H23N3S2/c1-3-14-30-28(12-1)36(25-10-7-9-24(21-25)27-11-8-20-40-23-27)29-13-2-4-15-31(29)37(30)26-18-19-34-35(22-26)44-39-38(43-34)41-32-16-5-6-17-33(32)42-39/h1-23H. The van der Waals surface area contributed by atoms with E-state index in [0.717, 1.165) is 32.2 Å². The Kier molecular flexibility index (Phi) is 6.00. The highest BCUT2D eigenvalue weighted by Crippen LogP contribution is 2.50. The van der Waals surface area contributed by atoms with Gasteiger partial charge in [-0.1, -0.05) is 115 Å². The maximum atomic E-state index is 4.97. The molecule has 0 aliphatic carbocycles. The van der Waals surface area contributed by atoms with Crippen LogP contribution >= 0.6 is 23.5 Å². The molecule has 6 aromatic carbocycles. The molecule has 0 bridgehead atoms. The molecule has 5 heteroatoms. The Balaban J connectivity index is 1.23. The first kappa shape index (κ1) is 25.5. The van der Waals surface area contributed by atoms with Gasteiger partial charge in [-0.05, 0) is 85.8 Å². The molecule has 3 nitrogen and oxygen atoms in total. The molecule has 8 aromatic rings. The first-order chi connectivity index (χ1) is 21.8. The summed E-state index contributed by atoms with van der Waals surface area (Å²) in [6.07, 6.45) is 3.75. The van der Waals surface area contributed by atoms with E-state index in [4.69, 9.17) is 9.97 Å². The second-order valence-corrected chi connectivity index (χ2v) is 12.9. The van der Waals surface area contributed by atoms with Crippen molar-refractivity contribution in [2.24, 2.45) is 0 Å². The van der Waals surface area contributed by atoms with Crippen molar-refractivity contribution in [2.45, 2.75) is 19.8 Å². The monoisotopic (exact) mass is 597 g/mol. The lowest BCUT2D eigenvalue weighted by atomic mass is 9.85. The summed E-state index contributed by atoms with van der Waals surface area (Å²) in [5.41, 5.74) is 9.05. The lowest BCUT2D eigenvalue weighted by Crippen LogP contribution is -1.97. The van der Waals surface area contributed by atoms with Crippen molar-refractivity contribution in [1.82, 2.24) is 15.0 Å². The lowest BCUT2D eigenvalue weighted by molar-refractivity contribution is 0.953. The molecule has 2 aromatic heterocycles. The van der Waals surface area contributed by atoms with Crippen molar-refractivity contribution in [3.63, 3.8) is 0 Å². The zero-order chi connectivity index (χ0) is 29.0. The molecule has 0 amide bonds. The second kappa shape index (κ2) is 10.3. The molecular formula is C39H23N3S2. The summed E-state index contributed by atoms with van der Waals surface area (Å²) in [6, 6.07) is 45.5. The molecule has 0 N–H and O–H groups in total. The van der Waals surface area contributed by atoms with E-state index in [0.29, 0.717) is 0 Å². The third-order valence-corrected chi connectivity index (χ3v) is 10.6. The summed E-state index contributed by atoms with van der Waals surface area (Å²) in [6.45, 7) is 0. The van der Waals surface area contributed by atoms with Gasteiger partial charge in [0.2, 0.25) is 0 Å². The zero-order valence-corrected chi connectivity index (χ0v) is 25.1. The maximum Gasteiger partial charge on any atom is 0.134 e. The van der Waals surface area contributed by atoms with Crippen LogP contribution in [-0.4, -0.2) is 15.0 Å². The van der Waals surface area contributed by atoms with Crippen molar-refractivity contribution < 1.29 is 0 Å². The van der Waals surface area contributed by atoms with Crippen molar-refractivity contribution in [1.29, 1.82) is 0 Å². The molecule has 0 atom stereocenters. The number of hydrogen-bond acceptors (Lipinski definition) is 5. The molecule has 0 fully saturated rings. The van der Waals surface area contributed by atoms with E-state index in [1.807, 2.05) is 42.7 Å². The van der Waals surface area contributed by atoms with Crippen LogP contribution in [0.5, 0.6) is 0 Å². The van der Waals surface area contributed by atoms with E-state index in [-0.39, 0.29) is 0 Å². The van der Waals surface area contributed by atoms with Crippen LogP contribution in [-0.2, 0) is 0 Å². The summed E-state index contributed by atoms with van der Waals surface area (Å²) in [5, 5.41) is 6.92. The van der Waals surface area contributed by atoms with E-state index < -0.39 is 0 Å². The molecular weight excluding hydrogens is 575 g/mol. The van der Waals surface area contributed by atoms with Crippen molar-refractivity contribution in [3.05, 3.63) is 140 Å². The van der Waals surface area contributed by atoms with Gasteiger partial charge in [0.05, 0.1) is 11.0 Å². The Morgan fingerprint density at radius 1 is 0.409 bits per heavy atom. The largest absolute Gasteiger partial charge is 0.264 e. The summed E-state index contributed by atoms with van der Waals surface area (Å²) < 4.78 is 0. The Labute approximate surface area is 263 Å². The Bertz CT molecular complexity index is 2350. The fourth-order valence-electron chi connectivity index (χ4n) is 6.27. The predicted octanol–water partition coefficient (Wildman–Crippen LogP) is 10.9. The van der Waals surface area contributed by atoms with Gasteiger partial charge in [0.15, 0.2) is 0 Å². The highest BCUT2D eigenvalue weighted by atomic mass is 32.2. The van der Waals surface area contributed by atoms with E-state index in [1.165, 1.54) is 53.6 Å². The van der Waals surface area contributed by atoms with Crippen LogP contribution < -0.4 is 0 Å². The molecule has 9 rings (SSSR count). The van der Waals surface area contributed by atoms with Crippen molar-refractivity contribution >= 4 is 56.1 Å². The molecule has 0 saturated carbocycles. The maximum absolute atomic E-state index is 4.97. The molecule has 0 saturated heterocycles. The molecule has 206 valence electrons. The van der Waals surface area contributed by atoms with Gasteiger partial charge in [-0.2, -0.15) is 0 Å². The van der Waals surface area contributed by atoms with Gasteiger partial charge in [0.25, 0.3) is 0 Å². The van der Waals surface area contributed by atoms with Crippen LogP contribution in [0.2, 0.25) is 0 Å². The normalized spacial score (nSPS) is 12.4. The van der Waals surface area contributed by atoms with Crippen molar-refractivity contribution in [3.8, 4) is 33.4 Å². The SMILES string of the molecule is c1cncc(-c2cccc(-c3c4ccccc4c(-c4ccc5c(c4)Sc4nc6ccccc6nc4S5)c4ccccc34)c2)c1. The van der Waals surface area contributed by atoms with Gasteiger partial charge >= 0.3 is 0 Å². The highest BCUT2D eigenvalue weighted by Gasteiger charge is 2.23. The van der Waals surface area contributed by atoms with Crippen LogP contribution in [0.15, 0.2) is 160 Å². The van der Waals surface area contributed by atoms with Gasteiger partial charge in [-0.15, -0.1) is 0 Å². The minimum absolute atomic E-state index is 0.930. The van der Waals surface area contributed by atoms with Crippen LogP contribution in [0.4, 0.5) is 0 Å². The molecule has 1 aliphatic heterocycles. The average molecular weight is 598 g/mol. The minimum atomic E-state index is 0.930. The van der Waals surface area contributed by atoms with Gasteiger partial charge in [0, 0.05) is 27.7 Å². The van der Waals surface area contributed by atoms with Gasteiger partial charge < -0.3 is 0 Å². The number of benzene rings is 6. The summed E-state index contributed by atoms with van der Waals surface area (Å²) in [7, 11) is 0. The Hall–Kier alpha value is -4.97. The van der Waals surface area contributed by atoms with E-state index in [2.05, 4.69) is 102 Å². The molecule has 0 unspecified atom stereocenters. The van der Waals surface area contributed by atoms with Crippen LogP contribution in [0, 0.1) is 0 Å². The Morgan fingerprint density at radius 2 is 0.955 bits per heavy atom. The zero-order valence-electron chi connectivity index (χ0n) is 23.4. The quantitative estimate of drug-likeness (QED) is 0.189. The van der Waals surface area contributed by atoms with E-state index in [1.54, 1.807) is 23.5 Å². The van der Waals surface area contributed by atoms with Gasteiger partial charge in [0.1, 0.15) is 10.1 Å². The van der Waals surface area contributed by atoms with Crippen LogP contribution in [0.1, 0.15) is 0 Å². The molecule has 0 spiro atoms. The van der Waals surface area contributed by atoms with Crippen LogP contribution in [0.25, 0.3) is 66.0 Å². The highest BCUT2D eigenvalue weighted by molar-refractivity contribution is 8.05. The third kappa shape index (κ3) is 4.20. The predicted molar refractivity (Wildman–Crippen MR) is 183 cm³/mol. The summed E-state index contributed by atoms with van der Waals surface area (Å²) in [5.74, 6) is 0. The summed E-state index contributed by atoms with van der Waals surface area (Å²) in [4.78, 5) is 16.7. The number of nitrogens with zero attached hydrogens (tertiary/aromatic N) is 3. The third-order valence-electron chi connectivity index (χ3n) is 8.23. The first-order valence-corrected chi connectivity index (χ1v) is 16.1. The van der Waals surface area contributed by atoms with Crippen LogP contribution in [0.3, 0.4) is 0 Å².